The number of hydrogen-bond donors (Lipinski definition) is 1. The van der Waals surface area contributed by atoms with Crippen molar-refractivity contribution in [3.05, 3.63) is 82.2 Å². The maximum absolute atomic E-state index is 11.6. The number of ketones is 1. The Morgan fingerprint density at radius 2 is 1.79 bits per heavy atom. The summed E-state index contributed by atoms with van der Waals surface area (Å²) in [4.78, 5) is 16.1. The lowest BCUT2D eigenvalue weighted by atomic mass is 9.77. The van der Waals surface area contributed by atoms with Crippen LogP contribution in [0.4, 0.5) is 0 Å². The number of aliphatic imine (C=N–C) groups is 1. The SMILES string of the molecule is C/C=C\C(COc1ccc(C(C)(C)c2cc(C#N)c(OCCCC(=O)CC)c(CC)c2)cc1)=N/C(N)=C(C)C. The van der Waals surface area contributed by atoms with Crippen LogP contribution in [0, 0.1) is 11.3 Å². The molecule has 0 aliphatic rings. The van der Waals surface area contributed by atoms with E-state index in [4.69, 9.17) is 15.2 Å². The first kappa shape index (κ1) is 31.4. The first-order chi connectivity index (χ1) is 18.6. The molecule has 0 aliphatic carbocycles. The Balaban J connectivity index is 2.24. The Bertz CT molecular complexity index is 1260. The van der Waals surface area contributed by atoms with E-state index in [1.54, 1.807) is 0 Å². The molecule has 0 unspecified atom stereocenters. The molecule has 0 atom stereocenters. The summed E-state index contributed by atoms with van der Waals surface area (Å²) in [7, 11) is 0. The summed E-state index contributed by atoms with van der Waals surface area (Å²) in [5, 5.41) is 9.92. The van der Waals surface area contributed by atoms with E-state index in [0.29, 0.717) is 49.6 Å². The number of carbonyl (C=O) groups is 1. The van der Waals surface area contributed by atoms with Crippen molar-refractivity contribution < 1.29 is 14.3 Å². The van der Waals surface area contributed by atoms with Gasteiger partial charge in [0.25, 0.3) is 0 Å². The van der Waals surface area contributed by atoms with Gasteiger partial charge in [0.2, 0.25) is 0 Å². The average Bonchev–Trinajstić information content (AvgIpc) is 2.93. The van der Waals surface area contributed by atoms with E-state index in [0.717, 1.165) is 40.1 Å². The fraction of sp³-hybridized carbons (Fsp3) is 0.424. The zero-order valence-electron chi connectivity index (χ0n) is 24.6. The fourth-order valence-corrected chi connectivity index (χ4v) is 4.05. The maximum Gasteiger partial charge on any atom is 0.140 e. The van der Waals surface area contributed by atoms with Crippen LogP contribution in [0.5, 0.6) is 11.5 Å². The van der Waals surface area contributed by atoms with Crippen LogP contribution in [0.25, 0.3) is 0 Å². The number of nitriles is 1. The van der Waals surface area contributed by atoms with Crippen LogP contribution in [0.15, 0.2) is 64.9 Å². The molecule has 0 bridgehead atoms. The summed E-state index contributed by atoms with van der Waals surface area (Å²) >= 11 is 0. The zero-order valence-corrected chi connectivity index (χ0v) is 24.6. The van der Waals surface area contributed by atoms with E-state index in [1.165, 1.54) is 0 Å². The molecule has 0 saturated carbocycles. The Hall–Kier alpha value is -3.85. The minimum absolute atomic E-state index is 0.225. The maximum atomic E-state index is 11.6. The molecule has 0 aromatic heterocycles. The highest BCUT2D eigenvalue weighted by molar-refractivity contribution is 5.96. The zero-order chi connectivity index (χ0) is 29.0. The molecule has 0 spiro atoms. The number of ether oxygens (including phenoxy) is 2. The van der Waals surface area contributed by atoms with Gasteiger partial charge in [0.1, 0.15) is 35.8 Å². The van der Waals surface area contributed by atoms with Crippen molar-refractivity contribution in [1.29, 1.82) is 5.26 Å². The van der Waals surface area contributed by atoms with Gasteiger partial charge in [-0.25, -0.2) is 4.99 Å². The summed E-state index contributed by atoms with van der Waals surface area (Å²) in [6, 6.07) is 14.4. The minimum atomic E-state index is -0.352. The van der Waals surface area contributed by atoms with Gasteiger partial charge in [-0.3, -0.25) is 4.79 Å². The van der Waals surface area contributed by atoms with Crippen LogP contribution < -0.4 is 15.2 Å². The number of aryl methyl sites for hydroxylation is 1. The van der Waals surface area contributed by atoms with Crippen LogP contribution in [0.2, 0.25) is 0 Å². The molecule has 6 heteroatoms. The molecule has 208 valence electrons. The molecule has 6 nitrogen and oxygen atoms in total. The van der Waals surface area contributed by atoms with Crippen LogP contribution in [-0.2, 0) is 16.6 Å². The van der Waals surface area contributed by atoms with Gasteiger partial charge < -0.3 is 15.2 Å². The van der Waals surface area contributed by atoms with Gasteiger partial charge in [-0.05, 0) is 80.2 Å². The number of rotatable bonds is 14. The van der Waals surface area contributed by atoms with E-state index >= 15 is 0 Å². The van der Waals surface area contributed by atoms with Crippen molar-refractivity contribution in [2.24, 2.45) is 10.7 Å². The lowest BCUT2D eigenvalue weighted by molar-refractivity contribution is -0.118. The number of allylic oxidation sites excluding steroid dienone is 2. The highest BCUT2D eigenvalue weighted by Crippen LogP contribution is 2.37. The quantitative estimate of drug-likeness (QED) is 0.206. The lowest BCUT2D eigenvalue weighted by Crippen LogP contribution is -2.20. The smallest absolute Gasteiger partial charge is 0.140 e. The summed E-state index contributed by atoms with van der Waals surface area (Å²) in [6.45, 7) is 14.7. The third-order valence-corrected chi connectivity index (χ3v) is 6.73. The van der Waals surface area contributed by atoms with Gasteiger partial charge in [0.05, 0.1) is 17.9 Å². The predicted octanol–water partition coefficient (Wildman–Crippen LogP) is 7.19. The second-order valence-electron chi connectivity index (χ2n) is 10.2. The highest BCUT2D eigenvalue weighted by atomic mass is 16.5. The molecule has 0 amide bonds. The van der Waals surface area contributed by atoms with Gasteiger partial charge in [0, 0.05) is 18.3 Å². The molecule has 2 aromatic carbocycles. The van der Waals surface area contributed by atoms with Crippen molar-refractivity contribution in [3.8, 4) is 17.6 Å². The van der Waals surface area contributed by atoms with Gasteiger partial charge in [-0.1, -0.05) is 52.0 Å². The van der Waals surface area contributed by atoms with E-state index in [1.807, 2.05) is 58.0 Å². The molecule has 2 N–H and O–H groups in total. The lowest BCUT2D eigenvalue weighted by Gasteiger charge is -2.28. The number of nitrogens with zero attached hydrogens (tertiary/aromatic N) is 2. The third-order valence-electron chi connectivity index (χ3n) is 6.73. The summed E-state index contributed by atoms with van der Waals surface area (Å²) < 4.78 is 12.0. The van der Waals surface area contributed by atoms with Gasteiger partial charge in [0.15, 0.2) is 0 Å². The summed E-state index contributed by atoms with van der Waals surface area (Å²) in [5.74, 6) is 2.08. The molecule has 0 fully saturated rings. The number of nitrogens with two attached hydrogens (primary N) is 1. The Morgan fingerprint density at radius 3 is 2.36 bits per heavy atom. The number of Topliss-reactive ketones (excluding diaryl/α,β-unsaturated/α-hetero) is 1. The van der Waals surface area contributed by atoms with Crippen LogP contribution >= 0.6 is 0 Å². The molecular formula is C33H43N3O3. The number of hydrogen-bond acceptors (Lipinski definition) is 6. The minimum Gasteiger partial charge on any atom is -0.492 e. The predicted molar refractivity (Wildman–Crippen MR) is 159 cm³/mol. The number of benzene rings is 2. The van der Waals surface area contributed by atoms with E-state index in [9.17, 15) is 10.1 Å². The second-order valence-corrected chi connectivity index (χ2v) is 10.2. The summed E-state index contributed by atoms with van der Waals surface area (Å²) in [5.41, 5.74) is 11.0. The van der Waals surface area contributed by atoms with Gasteiger partial charge >= 0.3 is 0 Å². The average molecular weight is 530 g/mol. The van der Waals surface area contributed by atoms with E-state index < -0.39 is 0 Å². The molecule has 0 heterocycles. The Morgan fingerprint density at radius 1 is 1.10 bits per heavy atom. The molecule has 39 heavy (non-hydrogen) atoms. The molecular weight excluding hydrogens is 486 g/mol. The second kappa shape index (κ2) is 14.9. The van der Waals surface area contributed by atoms with E-state index in [-0.39, 0.29) is 11.2 Å². The van der Waals surface area contributed by atoms with Crippen molar-refractivity contribution in [2.45, 2.75) is 79.6 Å². The van der Waals surface area contributed by atoms with Gasteiger partial charge in [-0.2, -0.15) is 5.26 Å². The first-order valence-electron chi connectivity index (χ1n) is 13.7. The first-order valence-corrected chi connectivity index (χ1v) is 13.7. The highest BCUT2D eigenvalue weighted by Gasteiger charge is 2.26. The Labute approximate surface area is 234 Å². The summed E-state index contributed by atoms with van der Waals surface area (Å²) in [6.07, 6.45) is 6.23. The molecule has 2 aromatic rings. The largest absolute Gasteiger partial charge is 0.492 e. The molecule has 2 rings (SSSR count). The molecule has 0 radical (unpaired) electrons. The van der Waals surface area contributed by atoms with Gasteiger partial charge in [-0.15, -0.1) is 0 Å². The fourth-order valence-electron chi connectivity index (χ4n) is 4.05. The standard InChI is InChI=1S/C33H43N3O3/c1-8-12-28(36-32(35)23(4)5)22-39-30-16-14-26(15-17-30)33(6,7)27-19-24(9-2)31(25(20-27)21-34)38-18-11-13-29(37)10-3/h8,12,14-17,19-20H,9-11,13,18,22,35H2,1-7H3/b12-8-,36-28+. The Kier molecular flexibility index (Phi) is 12.0. The van der Waals surface area contributed by atoms with Crippen LogP contribution in [0.1, 0.15) is 90.0 Å². The number of carbonyl (C=O) groups excluding carboxylic acids is 1. The van der Waals surface area contributed by atoms with E-state index in [2.05, 4.69) is 50.0 Å². The topological polar surface area (TPSA) is 97.7 Å². The monoisotopic (exact) mass is 529 g/mol. The third kappa shape index (κ3) is 8.85. The molecule has 0 aliphatic heterocycles. The van der Waals surface area contributed by atoms with Crippen LogP contribution in [-0.4, -0.2) is 24.7 Å². The van der Waals surface area contributed by atoms with Crippen molar-refractivity contribution in [2.75, 3.05) is 13.2 Å². The van der Waals surface area contributed by atoms with Crippen molar-refractivity contribution in [3.63, 3.8) is 0 Å². The van der Waals surface area contributed by atoms with Crippen LogP contribution in [0.3, 0.4) is 0 Å². The van der Waals surface area contributed by atoms with Crippen molar-refractivity contribution in [1.82, 2.24) is 0 Å². The van der Waals surface area contributed by atoms with Crippen molar-refractivity contribution >= 4 is 11.5 Å². The normalized spacial score (nSPS) is 11.8. The molecule has 0 saturated heterocycles.